The van der Waals surface area contributed by atoms with E-state index < -0.39 is 0 Å². The van der Waals surface area contributed by atoms with E-state index in [1.54, 1.807) is 0 Å². The molecule has 0 aromatic carbocycles. The van der Waals surface area contributed by atoms with Gasteiger partial charge in [0.15, 0.2) is 0 Å². The summed E-state index contributed by atoms with van der Waals surface area (Å²) in [7, 11) is 0. The van der Waals surface area contributed by atoms with Crippen molar-refractivity contribution in [2.45, 2.75) is 147 Å². The van der Waals surface area contributed by atoms with E-state index in [1.807, 2.05) is 0 Å². The molecule has 0 aromatic heterocycles. The van der Waals surface area contributed by atoms with Gasteiger partial charge in [-0.2, -0.15) is 12.6 Å². The number of aliphatic hydroxyl groups is 1. The lowest BCUT2D eigenvalue weighted by Gasteiger charge is -2.08. The Bertz CT molecular complexity index is 244. The van der Waals surface area contributed by atoms with Gasteiger partial charge in [0.05, 0.1) is 0 Å². The van der Waals surface area contributed by atoms with Crippen LogP contribution in [0.5, 0.6) is 0 Å². The summed E-state index contributed by atoms with van der Waals surface area (Å²) in [4.78, 5) is 0. The molecule has 0 spiro atoms. The molecule has 0 aliphatic heterocycles. The minimum absolute atomic E-state index is 0.285. The number of aliphatic hydroxyl groups excluding tert-OH is 1. The van der Waals surface area contributed by atoms with Crippen molar-refractivity contribution in [2.75, 3.05) is 6.61 Å². The summed E-state index contributed by atoms with van der Waals surface area (Å²) in [6.07, 6.45) is 29.2. The predicted octanol–water partition coefficient (Wildman–Crippen LogP) is 8.49. The molecule has 0 rings (SSSR count). The molecule has 0 saturated carbocycles. The van der Waals surface area contributed by atoms with Crippen molar-refractivity contribution in [3.63, 3.8) is 0 Å². The smallest absolute Gasteiger partial charge is 0.0441 e. The van der Waals surface area contributed by atoms with Gasteiger partial charge >= 0.3 is 0 Å². The van der Waals surface area contributed by atoms with Crippen LogP contribution in [-0.2, 0) is 0 Å². The molecular formula is C24H50OS. The van der Waals surface area contributed by atoms with Crippen molar-refractivity contribution in [1.82, 2.24) is 0 Å². The van der Waals surface area contributed by atoms with Crippen molar-refractivity contribution in [3.8, 4) is 0 Å². The van der Waals surface area contributed by atoms with Crippen LogP contribution in [0.3, 0.4) is 0 Å². The standard InChI is InChI=1S/C24H50OS/c1-2-3-4-5-6-7-8-9-10-11-12-13-14-15-16-17-18-19-20-21-24(26)22-23-25/h24-26H,2-23H2,1H3. The average molecular weight is 387 g/mol. The third-order valence-corrected chi connectivity index (χ3v) is 6.12. The van der Waals surface area contributed by atoms with Gasteiger partial charge < -0.3 is 5.11 Å². The maximum Gasteiger partial charge on any atom is 0.0441 e. The van der Waals surface area contributed by atoms with Crippen LogP contribution in [0, 0.1) is 0 Å². The van der Waals surface area contributed by atoms with Crippen LogP contribution in [0.25, 0.3) is 0 Å². The van der Waals surface area contributed by atoms with Gasteiger partial charge in [0.25, 0.3) is 0 Å². The van der Waals surface area contributed by atoms with E-state index in [0.717, 1.165) is 6.42 Å². The highest BCUT2D eigenvalue weighted by Crippen LogP contribution is 2.16. The predicted molar refractivity (Wildman–Crippen MR) is 122 cm³/mol. The molecule has 1 unspecified atom stereocenters. The van der Waals surface area contributed by atoms with Crippen LogP contribution in [0.15, 0.2) is 0 Å². The van der Waals surface area contributed by atoms with Crippen LogP contribution in [-0.4, -0.2) is 17.0 Å². The lowest BCUT2D eigenvalue weighted by Crippen LogP contribution is -2.01. The van der Waals surface area contributed by atoms with Crippen molar-refractivity contribution < 1.29 is 5.11 Å². The SMILES string of the molecule is CCCCCCCCCCCCCCCCCCCCCC(S)CCO. The van der Waals surface area contributed by atoms with Crippen LogP contribution in [0.1, 0.15) is 142 Å². The molecule has 0 fully saturated rings. The molecule has 0 aromatic rings. The Balaban J connectivity index is 3.01. The summed E-state index contributed by atoms with van der Waals surface area (Å²) >= 11 is 4.49. The molecule has 26 heavy (non-hydrogen) atoms. The Morgan fingerprint density at radius 2 is 0.808 bits per heavy atom. The van der Waals surface area contributed by atoms with Gasteiger partial charge in [0, 0.05) is 11.9 Å². The number of hydrogen-bond acceptors (Lipinski definition) is 2. The Hall–Kier alpha value is 0.310. The van der Waals surface area contributed by atoms with Gasteiger partial charge in [-0.25, -0.2) is 0 Å². The summed E-state index contributed by atoms with van der Waals surface area (Å²) < 4.78 is 0. The largest absolute Gasteiger partial charge is 0.396 e. The molecular weight excluding hydrogens is 336 g/mol. The highest BCUT2D eigenvalue weighted by Gasteiger charge is 2.01. The molecule has 1 atom stereocenters. The van der Waals surface area contributed by atoms with E-state index in [0.29, 0.717) is 5.25 Å². The zero-order valence-electron chi connectivity index (χ0n) is 18.0. The summed E-state index contributed by atoms with van der Waals surface area (Å²) in [5.74, 6) is 0. The van der Waals surface area contributed by atoms with E-state index in [-0.39, 0.29) is 6.61 Å². The fourth-order valence-electron chi connectivity index (χ4n) is 3.75. The number of hydrogen-bond donors (Lipinski definition) is 2. The van der Waals surface area contributed by atoms with Crippen molar-refractivity contribution in [2.24, 2.45) is 0 Å². The van der Waals surface area contributed by atoms with E-state index in [9.17, 15) is 0 Å². The van der Waals surface area contributed by atoms with Crippen LogP contribution in [0.2, 0.25) is 0 Å². The normalized spacial score (nSPS) is 12.6. The van der Waals surface area contributed by atoms with Crippen molar-refractivity contribution in [3.05, 3.63) is 0 Å². The van der Waals surface area contributed by atoms with Gasteiger partial charge in [0.1, 0.15) is 0 Å². The second-order valence-corrected chi connectivity index (χ2v) is 9.05. The molecule has 2 heteroatoms. The van der Waals surface area contributed by atoms with E-state index in [1.165, 1.54) is 128 Å². The molecule has 0 aliphatic carbocycles. The van der Waals surface area contributed by atoms with Crippen LogP contribution >= 0.6 is 12.6 Å². The Morgan fingerprint density at radius 1 is 0.500 bits per heavy atom. The van der Waals surface area contributed by atoms with Gasteiger partial charge in [0.2, 0.25) is 0 Å². The van der Waals surface area contributed by atoms with Crippen LogP contribution < -0.4 is 0 Å². The first-order chi connectivity index (χ1) is 12.8. The first kappa shape index (κ1) is 26.3. The third-order valence-electron chi connectivity index (χ3n) is 5.60. The highest BCUT2D eigenvalue weighted by molar-refractivity contribution is 7.80. The lowest BCUT2D eigenvalue weighted by atomic mass is 10.0. The quantitative estimate of drug-likeness (QED) is 0.141. The van der Waals surface area contributed by atoms with Crippen molar-refractivity contribution in [1.29, 1.82) is 0 Å². The Labute approximate surface area is 171 Å². The molecule has 158 valence electrons. The first-order valence-electron chi connectivity index (χ1n) is 12.1. The summed E-state index contributed by atoms with van der Waals surface area (Å²) in [5, 5.41) is 9.25. The number of thiol groups is 1. The zero-order valence-corrected chi connectivity index (χ0v) is 18.9. The Morgan fingerprint density at radius 3 is 1.12 bits per heavy atom. The summed E-state index contributed by atoms with van der Waals surface area (Å²) in [5.41, 5.74) is 0. The maximum atomic E-state index is 8.85. The second kappa shape index (κ2) is 23.3. The molecule has 0 amide bonds. The second-order valence-electron chi connectivity index (χ2n) is 8.32. The monoisotopic (exact) mass is 386 g/mol. The molecule has 0 bridgehead atoms. The third kappa shape index (κ3) is 22.4. The zero-order chi connectivity index (χ0) is 19.1. The fraction of sp³-hybridized carbons (Fsp3) is 1.00. The minimum Gasteiger partial charge on any atom is -0.396 e. The average Bonchev–Trinajstić information content (AvgIpc) is 2.64. The lowest BCUT2D eigenvalue weighted by molar-refractivity contribution is 0.285. The molecule has 1 N–H and O–H groups in total. The number of rotatable bonds is 22. The molecule has 1 nitrogen and oxygen atoms in total. The Kier molecular flexibility index (Phi) is 23.6. The maximum absolute atomic E-state index is 8.85. The van der Waals surface area contributed by atoms with E-state index in [4.69, 9.17) is 5.11 Å². The van der Waals surface area contributed by atoms with Crippen LogP contribution in [0.4, 0.5) is 0 Å². The molecule has 0 radical (unpaired) electrons. The van der Waals surface area contributed by atoms with E-state index in [2.05, 4.69) is 19.6 Å². The van der Waals surface area contributed by atoms with Gasteiger partial charge in [-0.05, 0) is 12.8 Å². The number of unbranched alkanes of at least 4 members (excludes halogenated alkanes) is 18. The summed E-state index contributed by atoms with van der Waals surface area (Å²) in [6.45, 7) is 2.58. The fourth-order valence-corrected chi connectivity index (χ4v) is 4.05. The molecule has 0 heterocycles. The summed E-state index contributed by atoms with van der Waals surface area (Å²) in [6, 6.07) is 0. The van der Waals surface area contributed by atoms with Crippen molar-refractivity contribution >= 4 is 12.6 Å². The molecule has 0 aliphatic rings. The first-order valence-corrected chi connectivity index (χ1v) is 12.6. The highest BCUT2D eigenvalue weighted by atomic mass is 32.1. The van der Waals surface area contributed by atoms with Gasteiger partial charge in [-0.3, -0.25) is 0 Å². The van der Waals surface area contributed by atoms with E-state index >= 15 is 0 Å². The topological polar surface area (TPSA) is 20.2 Å². The van der Waals surface area contributed by atoms with Gasteiger partial charge in [-0.1, -0.05) is 129 Å². The minimum atomic E-state index is 0.285. The molecule has 0 saturated heterocycles. The van der Waals surface area contributed by atoms with Gasteiger partial charge in [-0.15, -0.1) is 0 Å².